The van der Waals surface area contributed by atoms with Crippen molar-refractivity contribution in [2.24, 2.45) is 0 Å². The molecule has 142 valence electrons. The first-order valence-corrected chi connectivity index (χ1v) is 7.23. The summed E-state index contributed by atoms with van der Waals surface area (Å²) in [4.78, 5) is 11.2. The second-order valence-corrected chi connectivity index (χ2v) is 5.47. The molecule has 6 nitrogen and oxygen atoms in total. The quantitative estimate of drug-likeness (QED) is 0.0904. The number of carbonyl (C=O) groups is 1. The van der Waals surface area contributed by atoms with E-state index in [0.717, 1.165) is 11.4 Å². The van der Waals surface area contributed by atoms with Crippen molar-refractivity contribution in [3.63, 3.8) is 0 Å². The van der Waals surface area contributed by atoms with Gasteiger partial charge in [-0.15, -0.1) is 0 Å². The van der Waals surface area contributed by atoms with Crippen molar-refractivity contribution in [2.45, 2.75) is 6.92 Å². The largest absolute Gasteiger partial charge is 0.394 e. The first kappa shape index (κ1) is 23.4. The maximum absolute atomic E-state index is 13.7. The van der Waals surface area contributed by atoms with E-state index in [2.05, 4.69) is 17.4 Å². The SMILES string of the molecule is C=C(C)C(=O)NCCNOSN(C)c1c(F)c(F)c(N)c(F)c1F.S. The second-order valence-electron chi connectivity index (χ2n) is 4.60. The Morgan fingerprint density at radius 1 is 1.20 bits per heavy atom. The van der Waals surface area contributed by atoms with Gasteiger partial charge in [-0.05, 0) is 6.92 Å². The van der Waals surface area contributed by atoms with Crippen LogP contribution in [0.5, 0.6) is 0 Å². The third kappa shape index (κ3) is 5.99. The average molecular weight is 402 g/mol. The Balaban J connectivity index is 0.00000576. The Labute approximate surface area is 153 Å². The van der Waals surface area contributed by atoms with Gasteiger partial charge >= 0.3 is 0 Å². The topological polar surface area (TPSA) is 79.6 Å². The predicted octanol–water partition coefficient (Wildman–Crippen LogP) is 2.15. The number of nitrogens with one attached hydrogen (secondary N) is 2. The summed E-state index contributed by atoms with van der Waals surface area (Å²) in [5.41, 5.74) is 5.41. The summed E-state index contributed by atoms with van der Waals surface area (Å²) >= 11 is 0.384. The van der Waals surface area contributed by atoms with Crippen LogP contribution in [0.4, 0.5) is 28.9 Å². The minimum absolute atomic E-state index is 0. The lowest BCUT2D eigenvalue weighted by atomic mass is 10.2. The Morgan fingerprint density at radius 2 is 1.72 bits per heavy atom. The zero-order chi connectivity index (χ0) is 18.4. The van der Waals surface area contributed by atoms with E-state index in [4.69, 9.17) is 10.0 Å². The molecule has 0 unspecified atom stereocenters. The number of carbonyl (C=O) groups excluding carboxylic acids is 1. The molecular formula is C13H18F4N4O2S2. The van der Waals surface area contributed by atoms with E-state index >= 15 is 0 Å². The van der Waals surface area contributed by atoms with Crippen LogP contribution in [-0.2, 0) is 9.08 Å². The normalized spacial score (nSPS) is 10.2. The van der Waals surface area contributed by atoms with Gasteiger partial charge in [0.05, 0.1) is 0 Å². The predicted molar refractivity (Wildman–Crippen MR) is 94.0 cm³/mol. The van der Waals surface area contributed by atoms with Crippen LogP contribution in [0.1, 0.15) is 6.92 Å². The summed E-state index contributed by atoms with van der Waals surface area (Å²) in [5, 5.41) is 2.50. The summed E-state index contributed by atoms with van der Waals surface area (Å²) in [6, 6.07) is 0. The summed E-state index contributed by atoms with van der Waals surface area (Å²) < 4.78 is 59.7. The van der Waals surface area contributed by atoms with Gasteiger partial charge in [0, 0.05) is 25.7 Å². The molecule has 0 saturated carbocycles. The number of hydrogen-bond donors (Lipinski definition) is 3. The third-order valence-corrected chi connectivity index (χ3v) is 3.30. The number of rotatable bonds is 8. The molecule has 12 heteroatoms. The molecule has 0 fully saturated rings. The number of hydroxylamine groups is 1. The monoisotopic (exact) mass is 402 g/mol. The molecule has 0 aliphatic carbocycles. The molecule has 25 heavy (non-hydrogen) atoms. The second kappa shape index (κ2) is 10.4. The first-order valence-electron chi connectivity index (χ1n) is 6.53. The van der Waals surface area contributed by atoms with Crippen molar-refractivity contribution in [1.82, 2.24) is 10.8 Å². The van der Waals surface area contributed by atoms with E-state index < -0.39 is 34.6 Å². The van der Waals surface area contributed by atoms with Crippen LogP contribution in [0.2, 0.25) is 0 Å². The van der Waals surface area contributed by atoms with Crippen LogP contribution >= 0.6 is 25.7 Å². The smallest absolute Gasteiger partial charge is 0.246 e. The van der Waals surface area contributed by atoms with Crippen molar-refractivity contribution >= 4 is 43.0 Å². The van der Waals surface area contributed by atoms with Crippen LogP contribution < -0.4 is 20.8 Å². The molecule has 0 aromatic heterocycles. The number of hydrogen-bond acceptors (Lipinski definition) is 6. The number of nitrogens with zero attached hydrogens (tertiary/aromatic N) is 1. The molecular weight excluding hydrogens is 384 g/mol. The molecule has 0 atom stereocenters. The van der Waals surface area contributed by atoms with Gasteiger partial charge in [0.15, 0.2) is 23.3 Å². The molecule has 1 rings (SSSR count). The van der Waals surface area contributed by atoms with Crippen LogP contribution in [0.15, 0.2) is 12.2 Å². The zero-order valence-electron chi connectivity index (χ0n) is 13.4. The highest BCUT2D eigenvalue weighted by Gasteiger charge is 2.26. The van der Waals surface area contributed by atoms with Gasteiger partial charge in [-0.1, -0.05) is 6.58 Å². The molecule has 0 bridgehead atoms. The summed E-state index contributed by atoms with van der Waals surface area (Å²) in [6.45, 7) is 5.35. The number of nitrogens with two attached hydrogens (primary N) is 1. The number of amides is 1. The number of benzene rings is 1. The molecule has 0 saturated heterocycles. The Hall–Kier alpha value is -1.63. The average Bonchev–Trinajstić information content (AvgIpc) is 2.54. The van der Waals surface area contributed by atoms with Gasteiger partial charge in [-0.25, -0.2) is 21.8 Å². The molecule has 0 radical (unpaired) electrons. The van der Waals surface area contributed by atoms with Crippen LogP contribution in [0.25, 0.3) is 0 Å². The fourth-order valence-corrected chi connectivity index (χ4v) is 1.94. The summed E-state index contributed by atoms with van der Waals surface area (Å²) in [7, 11) is 1.13. The minimum atomic E-state index is -1.69. The fraction of sp³-hybridized carbons (Fsp3) is 0.308. The molecule has 0 aliphatic heterocycles. The van der Waals surface area contributed by atoms with Crippen molar-refractivity contribution in [2.75, 3.05) is 30.2 Å². The summed E-state index contributed by atoms with van der Waals surface area (Å²) in [5.74, 6) is -6.99. The number of anilines is 2. The molecule has 0 spiro atoms. The lowest BCUT2D eigenvalue weighted by molar-refractivity contribution is -0.117. The molecule has 1 aromatic rings. The minimum Gasteiger partial charge on any atom is -0.394 e. The third-order valence-electron chi connectivity index (χ3n) is 2.70. The van der Waals surface area contributed by atoms with E-state index in [1.807, 2.05) is 0 Å². The van der Waals surface area contributed by atoms with E-state index in [9.17, 15) is 22.4 Å². The highest BCUT2D eigenvalue weighted by atomic mass is 32.2. The summed E-state index contributed by atoms with van der Waals surface area (Å²) in [6.07, 6.45) is 0. The van der Waals surface area contributed by atoms with Gasteiger partial charge in [0.1, 0.15) is 23.6 Å². The van der Waals surface area contributed by atoms with Crippen molar-refractivity contribution < 1.29 is 26.6 Å². The van der Waals surface area contributed by atoms with E-state index in [1.54, 1.807) is 0 Å². The van der Waals surface area contributed by atoms with Crippen molar-refractivity contribution in [1.29, 1.82) is 0 Å². The Morgan fingerprint density at radius 3 is 2.20 bits per heavy atom. The molecule has 4 N–H and O–H groups in total. The highest BCUT2D eigenvalue weighted by Crippen LogP contribution is 2.34. The highest BCUT2D eigenvalue weighted by molar-refractivity contribution is 7.96. The molecule has 0 heterocycles. The van der Waals surface area contributed by atoms with Crippen LogP contribution in [0.3, 0.4) is 0 Å². The van der Waals surface area contributed by atoms with Crippen molar-refractivity contribution in [3.05, 3.63) is 35.4 Å². The first-order chi connectivity index (χ1) is 11.2. The van der Waals surface area contributed by atoms with Gasteiger partial charge in [-0.2, -0.15) is 19.0 Å². The van der Waals surface area contributed by atoms with E-state index in [0.29, 0.717) is 17.8 Å². The number of halogens is 4. The molecule has 1 aromatic carbocycles. The van der Waals surface area contributed by atoms with Crippen LogP contribution in [0, 0.1) is 23.3 Å². The lowest BCUT2D eigenvalue weighted by Gasteiger charge is -2.19. The van der Waals surface area contributed by atoms with E-state index in [1.165, 1.54) is 6.92 Å². The Kier molecular flexibility index (Phi) is 9.70. The Bertz CT molecular complexity index is 620. The maximum Gasteiger partial charge on any atom is 0.246 e. The number of nitrogen functional groups attached to an aromatic ring is 1. The van der Waals surface area contributed by atoms with Gasteiger partial charge < -0.3 is 11.1 Å². The molecule has 0 aliphatic rings. The fourth-order valence-electron chi connectivity index (χ4n) is 1.45. The van der Waals surface area contributed by atoms with Gasteiger partial charge in [0.2, 0.25) is 5.91 Å². The maximum atomic E-state index is 13.7. The van der Waals surface area contributed by atoms with E-state index in [-0.39, 0.29) is 32.5 Å². The molecule has 1 amide bonds. The van der Waals surface area contributed by atoms with Gasteiger partial charge in [-0.3, -0.25) is 9.10 Å². The lowest BCUT2D eigenvalue weighted by Crippen LogP contribution is -2.31. The van der Waals surface area contributed by atoms with Crippen molar-refractivity contribution in [3.8, 4) is 0 Å². The zero-order valence-corrected chi connectivity index (χ0v) is 15.2. The van der Waals surface area contributed by atoms with Crippen LogP contribution in [-0.4, -0.2) is 26.0 Å². The van der Waals surface area contributed by atoms with Gasteiger partial charge in [0.25, 0.3) is 0 Å². The standard InChI is InChI=1S/C13H16F4N4O2S.H2S/c1-6(2)13(22)19-4-5-20-23-24-21(3)12-9(16)7(14)11(18)8(15)10(12)17;/h20H,1,4-5,18H2,2-3H3,(H,19,22);1H2.